The van der Waals surface area contributed by atoms with E-state index in [2.05, 4.69) is 25.2 Å². The molecule has 3 N–H and O–H groups in total. The van der Waals surface area contributed by atoms with Gasteiger partial charge in [-0.1, -0.05) is 13.0 Å². The number of anilines is 2. The van der Waals surface area contributed by atoms with E-state index in [9.17, 15) is 22.8 Å². The third-order valence-electron chi connectivity index (χ3n) is 6.28. The molecule has 0 spiro atoms. The Kier molecular flexibility index (Phi) is 7.88. The van der Waals surface area contributed by atoms with Gasteiger partial charge in [0.05, 0.1) is 16.8 Å². The second kappa shape index (κ2) is 10.9. The average molecular weight is 533 g/mol. The minimum atomic E-state index is -4.52. The molecule has 2 aromatic heterocycles. The Bertz CT molecular complexity index is 1300. The summed E-state index contributed by atoms with van der Waals surface area (Å²) in [5.74, 6) is -0.797. The van der Waals surface area contributed by atoms with Crippen LogP contribution in [0.4, 0.5) is 24.7 Å². The second-order valence-electron chi connectivity index (χ2n) is 9.14. The number of nitrogens with one attached hydrogen (secondary N) is 1. The number of nitrogens with two attached hydrogens (primary N) is 1. The fourth-order valence-electron chi connectivity index (χ4n) is 4.27. The zero-order valence-electron chi connectivity index (χ0n) is 20.4. The van der Waals surface area contributed by atoms with Gasteiger partial charge in [0, 0.05) is 30.1 Å². The molecule has 0 saturated carbocycles. The smallest absolute Gasteiger partial charge is 0.383 e. The number of halogens is 3. The summed E-state index contributed by atoms with van der Waals surface area (Å²) in [5, 5.41) is 3.05. The van der Waals surface area contributed by atoms with Crippen molar-refractivity contribution in [2.75, 3.05) is 24.1 Å². The summed E-state index contributed by atoms with van der Waals surface area (Å²) in [6.07, 6.45) is 0.416. The zero-order valence-corrected chi connectivity index (χ0v) is 21.2. The van der Waals surface area contributed by atoms with Crippen LogP contribution in [0.1, 0.15) is 74.0 Å². The van der Waals surface area contributed by atoms with Crippen molar-refractivity contribution in [2.24, 2.45) is 0 Å². The number of Topliss-reactive ketones (excluding diaryl/α,β-unsaturated/α-hetero) is 1. The molecule has 1 fully saturated rings. The lowest BCUT2D eigenvalue weighted by molar-refractivity contribution is -0.138. The molecule has 1 aliphatic rings. The SMILES string of the molecule is Cc1ccc(NC(=O)c2cnc(C(C)CC(=O)c3ncnc(N)c3CN3CCCC3)s2)cc1C(F)(F)F. The molecule has 1 aliphatic heterocycles. The molecule has 37 heavy (non-hydrogen) atoms. The quantitative estimate of drug-likeness (QED) is 0.390. The molecular weight excluding hydrogens is 505 g/mol. The van der Waals surface area contributed by atoms with Crippen LogP contribution in [0.5, 0.6) is 0 Å². The van der Waals surface area contributed by atoms with Crippen molar-refractivity contribution in [2.45, 2.75) is 51.7 Å². The van der Waals surface area contributed by atoms with Gasteiger partial charge in [-0.05, 0) is 50.6 Å². The van der Waals surface area contributed by atoms with Crippen LogP contribution in [0, 0.1) is 6.92 Å². The van der Waals surface area contributed by atoms with Gasteiger partial charge < -0.3 is 11.1 Å². The van der Waals surface area contributed by atoms with Gasteiger partial charge in [0.25, 0.3) is 5.91 Å². The highest BCUT2D eigenvalue weighted by Gasteiger charge is 2.32. The molecule has 1 unspecified atom stereocenters. The first-order valence-electron chi connectivity index (χ1n) is 11.8. The van der Waals surface area contributed by atoms with Gasteiger partial charge in [-0.2, -0.15) is 13.2 Å². The van der Waals surface area contributed by atoms with Crippen molar-refractivity contribution in [3.63, 3.8) is 0 Å². The normalized spacial score (nSPS) is 15.1. The molecule has 4 rings (SSSR count). The van der Waals surface area contributed by atoms with Crippen molar-refractivity contribution >= 4 is 34.5 Å². The number of nitrogen functional groups attached to an aromatic ring is 1. The van der Waals surface area contributed by atoms with Crippen LogP contribution < -0.4 is 11.1 Å². The molecule has 0 radical (unpaired) electrons. The molecule has 0 aliphatic carbocycles. The van der Waals surface area contributed by atoms with Crippen molar-refractivity contribution in [1.82, 2.24) is 19.9 Å². The second-order valence-corrected chi connectivity index (χ2v) is 10.2. The Balaban J connectivity index is 1.44. The third kappa shape index (κ3) is 6.31. The maximum absolute atomic E-state index is 13.2. The van der Waals surface area contributed by atoms with Gasteiger partial charge in [0.2, 0.25) is 0 Å². The molecule has 196 valence electrons. The van der Waals surface area contributed by atoms with Gasteiger partial charge in [-0.3, -0.25) is 14.5 Å². The standard InChI is InChI=1S/C25H27F3N6O2S/c1-14-5-6-16(10-18(14)25(26,27)28)33-23(36)20-11-30-24(37-20)15(2)9-19(35)21-17(22(29)32-13-31-21)12-34-7-3-4-8-34/h5-6,10-11,13,15H,3-4,7-9,12H2,1-2H3,(H,33,36)(H2,29,31,32). The lowest BCUT2D eigenvalue weighted by Gasteiger charge is -2.18. The first-order chi connectivity index (χ1) is 17.5. The van der Waals surface area contributed by atoms with Crippen LogP contribution in [0.3, 0.4) is 0 Å². The summed E-state index contributed by atoms with van der Waals surface area (Å²) in [6.45, 7) is 5.56. The van der Waals surface area contributed by atoms with E-state index in [-0.39, 0.29) is 40.1 Å². The maximum Gasteiger partial charge on any atom is 0.416 e. The summed E-state index contributed by atoms with van der Waals surface area (Å²) in [5.41, 5.74) is 6.28. The van der Waals surface area contributed by atoms with E-state index in [1.807, 2.05) is 6.92 Å². The number of carbonyl (C=O) groups is 2. The lowest BCUT2D eigenvalue weighted by Crippen LogP contribution is -2.23. The van der Waals surface area contributed by atoms with Crippen molar-refractivity contribution in [3.8, 4) is 0 Å². The number of aromatic nitrogens is 3. The Hall–Kier alpha value is -3.38. The van der Waals surface area contributed by atoms with Crippen molar-refractivity contribution in [3.05, 3.63) is 63.0 Å². The highest BCUT2D eigenvalue weighted by molar-refractivity contribution is 7.13. The molecule has 3 aromatic rings. The summed E-state index contributed by atoms with van der Waals surface area (Å²) < 4.78 is 39.6. The number of amides is 1. The third-order valence-corrected chi connectivity index (χ3v) is 7.51. The molecule has 8 nitrogen and oxygen atoms in total. The van der Waals surface area contributed by atoms with Crippen LogP contribution in [0.15, 0.2) is 30.7 Å². The highest BCUT2D eigenvalue weighted by atomic mass is 32.1. The van der Waals surface area contributed by atoms with Crippen LogP contribution in [-0.2, 0) is 12.7 Å². The number of rotatable bonds is 8. The monoisotopic (exact) mass is 532 g/mol. The van der Waals surface area contributed by atoms with Gasteiger partial charge in [0.1, 0.15) is 22.7 Å². The summed E-state index contributed by atoms with van der Waals surface area (Å²) in [7, 11) is 0. The largest absolute Gasteiger partial charge is 0.416 e. The molecule has 3 heterocycles. The van der Waals surface area contributed by atoms with E-state index >= 15 is 0 Å². The number of hydrogen-bond acceptors (Lipinski definition) is 8. The fourth-order valence-corrected chi connectivity index (χ4v) is 5.13. The molecule has 1 amide bonds. The number of hydrogen-bond donors (Lipinski definition) is 2. The van der Waals surface area contributed by atoms with Crippen LogP contribution >= 0.6 is 11.3 Å². The van der Waals surface area contributed by atoms with Gasteiger partial charge in [0.15, 0.2) is 5.78 Å². The van der Waals surface area contributed by atoms with E-state index < -0.39 is 17.6 Å². The van der Waals surface area contributed by atoms with E-state index in [4.69, 9.17) is 5.73 Å². The van der Waals surface area contributed by atoms with E-state index in [0.29, 0.717) is 22.8 Å². The van der Waals surface area contributed by atoms with Crippen molar-refractivity contribution in [1.29, 1.82) is 0 Å². The fraction of sp³-hybridized carbons (Fsp3) is 0.400. The lowest BCUT2D eigenvalue weighted by atomic mass is 10.0. The van der Waals surface area contributed by atoms with Crippen molar-refractivity contribution < 1.29 is 22.8 Å². The number of aryl methyl sites for hydroxylation is 1. The predicted molar refractivity (Wildman–Crippen MR) is 135 cm³/mol. The molecular formula is C25H27F3N6O2S. The van der Waals surface area contributed by atoms with Crippen LogP contribution in [0.25, 0.3) is 0 Å². The minimum Gasteiger partial charge on any atom is -0.383 e. The number of alkyl halides is 3. The number of benzene rings is 1. The van der Waals surface area contributed by atoms with Gasteiger partial charge in [-0.15, -0.1) is 11.3 Å². The number of thiazole rings is 1. The minimum absolute atomic E-state index is 0.0352. The van der Waals surface area contributed by atoms with Crippen LogP contribution in [0.2, 0.25) is 0 Å². The number of likely N-dealkylation sites (tertiary alicyclic amines) is 1. The molecule has 1 atom stereocenters. The van der Waals surface area contributed by atoms with Gasteiger partial charge in [-0.25, -0.2) is 15.0 Å². The average Bonchev–Trinajstić information content (AvgIpc) is 3.53. The Morgan fingerprint density at radius 2 is 1.92 bits per heavy atom. The van der Waals surface area contributed by atoms with E-state index in [0.717, 1.165) is 43.3 Å². The molecule has 12 heteroatoms. The van der Waals surface area contributed by atoms with E-state index in [1.54, 1.807) is 0 Å². The van der Waals surface area contributed by atoms with Crippen LogP contribution in [-0.4, -0.2) is 44.6 Å². The predicted octanol–water partition coefficient (Wildman–Crippen LogP) is 5.07. The molecule has 1 aromatic carbocycles. The molecule has 0 bridgehead atoms. The number of ketones is 1. The zero-order chi connectivity index (χ0) is 26.7. The Morgan fingerprint density at radius 3 is 2.62 bits per heavy atom. The Morgan fingerprint density at radius 1 is 1.19 bits per heavy atom. The summed E-state index contributed by atoms with van der Waals surface area (Å²) in [6, 6.07) is 3.63. The number of nitrogens with zero attached hydrogens (tertiary/aromatic N) is 4. The van der Waals surface area contributed by atoms with Gasteiger partial charge >= 0.3 is 6.18 Å². The Labute approximate surface area is 216 Å². The highest BCUT2D eigenvalue weighted by Crippen LogP contribution is 2.34. The first-order valence-corrected chi connectivity index (χ1v) is 12.6. The summed E-state index contributed by atoms with van der Waals surface area (Å²) in [4.78, 5) is 40.8. The first kappa shape index (κ1) is 26.7. The summed E-state index contributed by atoms with van der Waals surface area (Å²) >= 11 is 1.09. The van der Waals surface area contributed by atoms with E-state index in [1.165, 1.54) is 31.6 Å². The topological polar surface area (TPSA) is 114 Å². The number of carbonyl (C=O) groups excluding carboxylic acids is 2. The maximum atomic E-state index is 13.2. The molecule has 1 saturated heterocycles.